The molecule has 32 heavy (non-hydrogen) atoms. The van der Waals surface area contributed by atoms with Gasteiger partial charge in [-0.3, -0.25) is 0 Å². The van der Waals surface area contributed by atoms with E-state index < -0.39 is 6.17 Å². The van der Waals surface area contributed by atoms with Crippen LogP contribution in [0.3, 0.4) is 0 Å². The van der Waals surface area contributed by atoms with Crippen molar-refractivity contribution in [2.45, 2.75) is 66.0 Å². The molecule has 0 aromatic heterocycles. The molecule has 0 aliphatic rings. The Kier molecular flexibility index (Phi) is 17.2. The van der Waals surface area contributed by atoms with E-state index in [0.717, 1.165) is 12.0 Å². The van der Waals surface area contributed by atoms with E-state index in [-0.39, 0.29) is 0 Å². The molecule has 0 spiro atoms. The maximum Gasteiger partial charge on any atom is 0.122 e. The fourth-order valence-electron chi connectivity index (χ4n) is 3.34. The highest BCUT2D eigenvalue weighted by Gasteiger charge is 2.10. The number of hydrogen-bond acceptors (Lipinski definition) is 0. The Bertz CT molecular complexity index is 779. The van der Waals surface area contributed by atoms with E-state index in [9.17, 15) is 4.39 Å². The van der Waals surface area contributed by atoms with Crippen molar-refractivity contribution < 1.29 is 4.39 Å². The molecule has 0 aliphatic heterocycles. The Morgan fingerprint density at radius 2 is 1.12 bits per heavy atom. The molecule has 3 atom stereocenters. The monoisotopic (exact) mass is 432 g/mol. The van der Waals surface area contributed by atoms with Gasteiger partial charge in [-0.1, -0.05) is 119 Å². The normalized spacial score (nSPS) is 12.2. The summed E-state index contributed by atoms with van der Waals surface area (Å²) in [4.78, 5) is 0. The molecule has 172 valence electrons. The molecule has 3 unspecified atom stereocenters. The van der Waals surface area contributed by atoms with E-state index >= 15 is 0 Å². The van der Waals surface area contributed by atoms with Gasteiger partial charge in [0.1, 0.15) is 6.17 Å². The summed E-state index contributed by atoms with van der Waals surface area (Å²) < 4.78 is 13.4. The van der Waals surface area contributed by atoms with Gasteiger partial charge in [0.2, 0.25) is 0 Å². The zero-order chi connectivity index (χ0) is 24.2. The predicted octanol–water partition coefficient (Wildman–Crippen LogP) is 9.44. The molecule has 0 radical (unpaired) electrons. The van der Waals surface area contributed by atoms with Gasteiger partial charge in [-0.15, -0.1) is 12.8 Å². The van der Waals surface area contributed by atoms with Gasteiger partial charge < -0.3 is 0 Å². The van der Waals surface area contributed by atoms with Gasteiger partial charge >= 0.3 is 0 Å². The highest BCUT2D eigenvalue weighted by molar-refractivity contribution is 5.25. The molecule has 0 heterocycles. The van der Waals surface area contributed by atoms with E-state index in [4.69, 9.17) is 0 Å². The predicted molar refractivity (Wildman–Crippen MR) is 141 cm³/mol. The van der Waals surface area contributed by atoms with Crippen molar-refractivity contribution in [3.63, 3.8) is 0 Å². The van der Waals surface area contributed by atoms with Crippen LogP contribution < -0.4 is 0 Å². The highest BCUT2D eigenvalue weighted by atomic mass is 19.1. The van der Waals surface area contributed by atoms with Crippen molar-refractivity contribution in [1.29, 1.82) is 0 Å². The number of rotatable bonds is 7. The van der Waals surface area contributed by atoms with E-state index in [2.05, 4.69) is 63.1 Å². The molecule has 0 nitrogen and oxygen atoms in total. The smallest absolute Gasteiger partial charge is 0.122 e. The maximum atomic E-state index is 13.4. The van der Waals surface area contributed by atoms with Crippen molar-refractivity contribution >= 4 is 0 Å². The van der Waals surface area contributed by atoms with Crippen molar-refractivity contribution in [2.75, 3.05) is 0 Å². The summed E-state index contributed by atoms with van der Waals surface area (Å²) in [7, 11) is 0. The van der Waals surface area contributed by atoms with Crippen LogP contribution in [0.5, 0.6) is 0 Å². The summed E-state index contributed by atoms with van der Waals surface area (Å²) >= 11 is 0. The number of benzene rings is 3. The van der Waals surface area contributed by atoms with E-state index in [1.165, 1.54) is 24.0 Å². The van der Waals surface area contributed by atoms with Gasteiger partial charge in [0.15, 0.2) is 0 Å². The van der Waals surface area contributed by atoms with Crippen LogP contribution in [0.4, 0.5) is 4.39 Å². The van der Waals surface area contributed by atoms with Crippen LogP contribution in [0.15, 0.2) is 91.0 Å². The molecular weight excluding hydrogens is 391 g/mol. The van der Waals surface area contributed by atoms with Crippen molar-refractivity contribution in [2.24, 2.45) is 5.92 Å². The SMILES string of the molecule is C#C.CC.CC(CCC(C)c1ccccc1)Cc1cccc(C(C)F)c1.c1ccccc1. The van der Waals surface area contributed by atoms with E-state index in [1.54, 1.807) is 6.92 Å². The Hall–Kier alpha value is -2.85. The fraction of sp³-hybridized carbons (Fsp3) is 0.355. The molecule has 0 aliphatic carbocycles. The van der Waals surface area contributed by atoms with Gasteiger partial charge in [-0.2, -0.15) is 0 Å². The van der Waals surface area contributed by atoms with E-state index in [1.807, 2.05) is 68.4 Å². The van der Waals surface area contributed by atoms with Crippen LogP contribution in [-0.4, -0.2) is 0 Å². The van der Waals surface area contributed by atoms with Gasteiger partial charge in [0.05, 0.1) is 0 Å². The summed E-state index contributed by atoms with van der Waals surface area (Å²) in [6.07, 6.45) is 10.5. The lowest BCUT2D eigenvalue weighted by Gasteiger charge is -2.16. The largest absolute Gasteiger partial charge is 0.243 e. The van der Waals surface area contributed by atoms with Gasteiger partial charge in [-0.25, -0.2) is 4.39 Å². The molecule has 3 rings (SSSR count). The van der Waals surface area contributed by atoms with Crippen molar-refractivity contribution in [3.05, 3.63) is 108 Å². The lowest BCUT2D eigenvalue weighted by atomic mass is 9.89. The number of alkyl halides is 1. The zero-order valence-electron chi connectivity index (χ0n) is 20.5. The molecule has 0 bridgehead atoms. The Morgan fingerprint density at radius 1 is 0.656 bits per heavy atom. The first-order valence-corrected chi connectivity index (χ1v) is 11.7. The van der Waals surface area contributed by atoms with Crippen molar-refractivity contribution in [3.8, 4) is 12.8 Å². The van der Waals surface area contributed by atoms with Crippen LogP contribution in [-0.2, 0) is 6.42 Å². The molecule has 0 N–H and O–H groups in total. The Balaban J connectivity index is 0.000000805. The topological polar surface area (TPSA) is 0 Å². The third-order valence-electron chi connectivity index (χ3n) is 5.12. The van der Waals surface area contributed by atoms with Crippen LogP contribution in [0.25, 0.3) is 0 Å². The first kappa shape index (κ1) is 29.1. The Labute approximate surface area is 196 Å². The van der Waals surface area contributed by atoms with Crippen LogP contribution in [0.2, 0.25) is 0 Å². The zero-order valence-corrected chi connectivity index (χ0v) is 20.5. The first-order valence-electron chi connectivity index (χ1n) is 11.7. The minimum Gasteiger partial charge on any atom is -0.243 e. The number of halogens is 1. The lowest BCUT2D eigenvalue weighted by Crippen LogP contribution is -2.03. The minimum atomic E-state index is -0.881. The third-order valence-corrected chi connectivity index (χ3v) is 5.12. The second kappa shape index (κ2) is 18.9. The van der Waals surface area contributed by atoms with Crippen LogP contribution in [0, 0.1) is 18.8 Å². The highest BCUT2D eigenvalue weighted by Crippen LogP contribution is 2.25. The average Bonchev–Trinajstić information content (AvgIpc) is 2.87. The summed E-state index contributed by atoms with van der Waals surface area (Å²) in [6, 6.07) is 30.7. The van der Waals surface area contributed by atoms with Crippen LogP contribution in [0.1, 0.15) is 76.2 Å². The molecule has 0 amide bonds. The molecule has 3 aromatic carbocycles. The van der Waals surface area contributed by atoms with Gasteiger partial charge in [0.25, 0.3) is 0 Å². The van der Waals surface area contributed by atoms with Gasteiger partial charge in [-0.05, 0) is 54.7 Å². The third kappa shape index (κ3) is 12.8. The molecule has 1 heteroatoms. The summed E-state index contributed by atoms with van der Waals surface area (Å²) in [5.74, 6) is 1.22. The van der Waals surface area contributed by atoms with Crippen molar-refractivity contribution in [1.82, 2.24) is 0 Å². The van der Waals surface area contributed by atoms with E-state index in [0.29, 0.717) is 11.8 Å². The first-order chi connectivity index (χ1) is 15.6. The minimum absolute atomic E-state index is 0.598. The second-order valence-corrected chi connectivity index (χ2v) is 7.71. The Morgan fingerprint density at radius 3 is 1.62 bits per heavy atom. The van der Waals surface area contributed by atoms with Crippen LogP contribution >= 0.6 is 0 Å². The fourth-order valence-corrected chi connectivity index (χ4v) is 3.34. The standard InChI is InChI=1S/C21H27F.C6H6.C2H6.C2H2/c1-16(12-13-17(2)20-9-5-4-6-10-20)14-19-8-7-11-21(15-19)18(3)22;1-2-4-6-5-3-1;2*1-2/h4-11,15-18H,12-14H2,1-3H3;1-6H;1-2H3;1-2H. The molecule has 0 saturated heterocycles. The number of hydrogen-bond donors (Lipinski definition) is 0. The molecule has 0 saturated carbocycles. The molecular formula is C31H41F. The summed E-state index contributed by atoms with van der Waals surface area (Å²) in [5.41, 5.74) is 3.46. The summed E-state index contributed by atoms with van der Waals surface area (Å²) in [5, 5.41) is 0. The quantitative estimate of drug-likeness (QED) is 0.326. The number of terminal acetylenes is 1. The lowest BCUT2D eigenvalue weighted by molar-refractivity contribution is 0.373. The summed E-state index contributed by atoms with van der Waals surface area (Å²) in [6.45, 7) is 10.2. The van der Waals surface area contributed by atoms with Gasteiger partial charge in [0, 0.05) is 0 Å². The second-order valence-electron chi connectivity index (χ2n) is 7.71. The average molecular weight is 433 g/mol. The molecule has 0 fully saturated rings. The maximum absolute atomic E-state index is 13.4. The molecule has 3 aromatic rings.